The van der Waals surface area contributed by atoms with E-state index in [-0.39, 0.29) is 6.04 Å². The number of likely N-dealkylation sites (tertiary alicyclic amines) is 1. The second-order valence-corrected chi connectivity index (χ2v) is 7.42. The molecule has 2 aromatic rings. The van der Waals surface area contributed by atoms with Gasteiger partial charge in [-0.1, -0.05) is 6.42 Å². The molecule has 1 unspecified atom stereocenters. The Morgan fingerprint density at radius 3 is 2.95 bits per heavy atom. The van der Waals surface area contributed by atoms with Gasteiger partial charge in [0.25, 0.3) is 0 Å². The number of rotatable bonds is 5. The van der Waals surface area contributed by atoms with Crippen LogP contribution in [-0.2, 0) is 13.1 Å². The van der Waals surface area contributed by atoms with Gasteiger partial charge in [-0.05, 0) is 40.4 Å². The van der Waals surface area contributed by atoms with Crippen molar-refractivity contribution < 1.29 is 4.42 Å². The summed E-state index contributed by atoms with van der Waals surface area (Å²) in [5, 5.41) is 9.60. The lowest BCUT2D eigenvalue weighted by Crippen LogP contribution is -2.32. The Bertz CT molecular complexity index is 609. The van der Waals surface area contributed by atoms with Gasteiger partial charge in [0.05, 0.1) is 17.6 Å². The molecule has 3 rings (SSSR count). The van der Waals surface area contributed by atoms with E-state index in [4.69, 9.17) is 4.42 Å². The van der Waals surface area contributed by atoms with E-state index < -0.39 is 0 Å². The molecule has 0 amide bonds. The summed E-state index contributed by atoms with van der Waals surface area (Å²) in [6.07, 6.45) is 5.51. The maximum atomic E-state index is 5.89. The van der Waals surface area contributed by atoms with Gasteiger partial charge in [0, 0.05) is 17.6 Å². The summed E-state index contributed by atoms with van der Waals surface area (Å²) in [5.74, 6) is 1.46. The first-order valence-electron chi connectivity index (χ1n) is 7.74. The molecule has 120 valence electrons. The molecule has 22 heavy (non-hydrogen) atoms. The van der Waals surface area contributed by atoms with Crippen LogP contribution in [-0.4, -0.2) is 45.6 Å². The summed E-state index contributed by atoms with van der Waals surface area (Å²) in [6.45, 7) is 4.73. The number of aromatic nitrogens is 3. The van der Waals surface area contributed by atoms with Crippen LogP contribution in [0, 0.1) is 6.92 Å². The summed E-state index contributed by atoms with van der Waals surface area (Å²) in [5.41, 5.74) is 0. The minimum Gasteiger partial charge on any atom is -0.422 e. The molecule has 3 heterocycles. The lowest BCUT2D eigenvalue weighted by molar-refractivity contribution is 0.117. The highest BCUT2D eigenvalue weighted by atomic mass is 32.1. The average Bonchev–Trinajstić information content (AvgIpc) is 3.08. The number of thiazole rings is 1. The third-order valence-corrected chi connectivity index (χ3v) is 4.76. The van der Waals surface area contributed by atoms with Crippen LogP contribution in [0.15, 0.2) is 10.6 Å². The molecule has 7 heteroatoms. The van der Waals surface area contributed by atoms with Crippen LogP contribution >= 0.6 is 11.3 Å². The van der Waals surface area contributed by atoms with Gasteiger partial charge in [-0.2, -0.15) is 0 Å². The molecule has 1 aliphatic rings. The van der Waals surface area contributed by atoms with Crippen molar-refractivity contribution in [2.24, 2.45) is 0 Å². The topological polar surface area (TPSA) is 58.3 Å². The summed E-state index contributed by atoms with van der Waals surface area (Å²) in [4.78, 5) is 10.1. The van der Waals surface area contributed by atoms with Crippen molar-refractivity contribution in [2.45, 2.75) is 45.3 Å². The minimum atomic E-state index is 0.236. The van der Waals surface area contributed by atoms with Crippen LogP contribution < -0.4 is 0 Å². The largest absolute Gasteiger partial charge is 0.422 e. The quantitative estimate of drug-likeness (QED) is 0.844. The Labute approximate surface area is 135 Å². The summed E-state index contributed by atoms with van der Waals surface area (Å²) < 4.78 is 5.89. The van der Waals surface area contributed by atoms with Crippen molar-refractivity contribution in [3.8, 4) is 0 Å². The molecule has 6 nitrogen and oxygen atoms in total. The third kappa shape index (κ3) is 3.71. The van der Waals surface area contributed by atoms with E-state index >= 15 is 0 Å². The third-order valence-electron chi connectivity index (χ3n) is 3.86. The van der Waals surface area contributed by atoms with Crippen molar-refractivity contribution >= 4 is 11.3 Å². The number of hydrogen-bond donors (Lipinski definition) is 0. The smallest absolute Gasteiger partial charge is 0.233 e. The molecule has 0 aromatic carbocycles. The summed E-state index contributed by atoms with van der Waals surface area (Å²) >= 11 is 1.77. The zero-order chi connectivity index (χ0) is 15.5. The molecule has 0 spiro atoms. The van der Waals surface area contributed by atoms with Gasteiger partial charge in [0.2, 0.25) is 11.8 Å². The normalized spacial score (nSPS) is 19.9. The highest BCUT2D eigenvalue weighted by molar-refractivity contribution is 7.11. The Morgan fingerprint density at radius 2 is 2.23 bits per heavy atom. The van der Waals surface area contributed by atoms with E-state index in [2.05, 4.69) is 20.1 Å². The van der Waals surface area contributed by atoms with Gasteiger partial charge in [-0.15, -0.1) is 21.5 Å². The van der Waals surface area contributed by atoms with Gasteiger partial charge in [0.1, 0.15) is 0 Å². The average molecular weight is 321 g/mol. The molecule has 0 bridgehead atoms. The first-order chi connectivity index (χ1) is 10.6. The van der Waals surface area contributed by atoms with Crippen molar-refractivity contribution in [1.82, 2.24) is 25.0 Å². The minimum absolute atomic E-state index is 0.236. The van der Waals surface area contributed by atoms with Crippen molar-refractivity contribution in [1.29, 1.82) is 0 Å². The highest BCUT2D eigenvalue weighted by Gasteiger charge is 2.29. The number of hydrogen-bond acceptors (Lipinski definition) is 7. The van der Waals surface area contributed by atoms with Crippen LogP contribution in [0.3, 0.4) is 0 Å². The molecule has 0 N–H and O–H groups in total. The predicted octanol–water partition coefficient (Wildman–Crippen LogP) is 2.62. The van der Waals surface area contributed by atoms with E-state index in [1.54, 1.807) is 11.3 Å². The van der Waals surface area contributed by atoms with Gasteiger partial charge in [-0.25, -0.2) is 4.98 Å². The van der Waals surface area contributed by atoms with Gasteiger partial charge in [-0.3, -0.25) is 4.90 Å². The lowest BCUT2D eigenvalue weighted by Gasteiger charge is -2.32. The Kier molecular flexibility index (Phi) is 4.85. The maximum absolute atomic E-state index is 5.89. The number of piperidine rings is 1. The van der Waals surface area contributed by atoms with Gasteiger partial charge < -0.3 is 9.32 Å². The predicted molar refractivity (Wildman–Crippen MR) is 85.5 cm³/mol. The number of nitrogens with zero attached hydrogens (tertiary/aromatic N) is 5. The molecule has 0 saturated carbocycles. The zero-order valence-electron chi connectivity index (χ0n) is 13.4. The highest BCUT2D eigenvalue weighted by Crippen LogP contribution is 2.32. The van der Waals surface area contributed by atoms with Crippen LogP contribution in [0.5, 0.6) is 0 Å². The standard InChI is InChI=1S/C15H23N5OS/c1-11-16-8-12(22-11)9-20-7-5-4-6-13(20)15-18-17-14(21-15)10-19(2)3/h8,13H,4-7,9-10H2,1-3H3. The zero-order valence-corrected chi connectivity index (χ0v) is 14.3. The maximum Gasteiger partial charge on any atom is 0.233 e. The van der Waals surface area contributed by atoms with E-state index in [1.807, 2.05) is 32.1 Å². The molecule has 1 atom stereocenters. The molecule has 0 aliphatic carbocycles. The first kappa shape index (κ1) is 15.6. The van der Waals surface area contributed by atoms with E-state index in [0.717, 1.165) is 30.4 Å². The fourth-order valence-corrected chi connectivity index (χ4v) is 3.69. The molecule has 1 saturated heterocycles. The second-order valence-electron chi connectivity index (χ2n) is 6.10. The molecule has 1 aliphatic heterocycles. The van der Waals surface area contributed by atoms with Gasteiger partial charge in [0.15, 0.2) is 0 Å². The lowest BCUT2D eigenvalue weighted by atomic mass is 10.0. The number of aryl methyl sites for hydroxylation is 1. The van der Waals surface area contributed by atoms with Gasteiger partial charge >= 0.3 is 0 Å². The van der Waals surface area contributed by atoms with Crippen LogP contribution in [0.2, 0.25) is 0 Å². The molecule has 1 fully saturated rings. The van der Waals surface area contributed by atoms with Crippen molar-refractivity contribution in [2.75, 3.05) is 20.6 Å². The van der Waals surface area contributed by atoms with E-state index in [1.165, 1.54) is 17.7 Å². The Hall–Kier alpha value is -1.31. The Morgan fingerprint density at radius 1 is 1.36 bits per heavy atom. The van der Waals surface area contributed by atoms with Crippen LogP contribution in [0.4, 0.5) is 0 Å². The molecular formula is C15H23N5OS. The van der Waals surface area contributed by atoms with E-state index in [9.17, 15) is 0 Å². The van der Waals surface area contributed by atoms with Crippen molar-refractivity contribution in [3.05, 3.63) is 27.9 Å². The fraction of sp³-hybridized carbons (Fsp3) is 0.667. The first-order valence-corrected chi connectivity index (χ1v) is 8.56. The fourth-order valence-electron chi connectivity index (χ4n) is 2.87. The molecular weight excluding hydrogens is 298 g/mol. The van der Waals surface area contributed by atoms with E-state index in [0.29, 0.717) is 12.4 Å². The SMILES string of the molecule is Cc1ncc(CN2CCCCC2c2nnc(CN(C)C)o2)s1. The summed E-state index contributed by atoms with van der Waals surface area (Å²) in [7, 11) is 4.01. The monoisotopic (exact) mass is 321 g/mol. The molecule has 0 radical (unpaired) electrons. The second kappa shape index (κ2) is 6.85. The Balaban J connectivity index is 1.73. The molecule has 2 aromatic heterocycles. The summed E-state index contributed by atoms with van der Waals surface area (Å²) in [6, 6.07) is 0.236. The van der Waals surface area contributed by atoms with Crippen LogP contribution in [0.1, 0.15) is 47.0 Å². The van der Waals surface area contributed by atoms with Crippen LogP contribution in [0.25, 0.3) is 0 Å². The van der Waals surface area contributed by atoms with Crippen molar-refractivity contribution in [3.63, 3.8) is 0 Å².